The molecule has 84 heavy (non-hydrogen) atoms. The van der Waals surface area contributed by atoms with Crippen LogP contribution in [0.2, 0.25) is 0 Å². The van der Waals surface area contributed by atoms with Crippen LogP contribution >= 0.6 is 38.4 Å². The number of hydrogen-bond acceptors (Lipinski definition) is 2. The van der Waals surface area contributed by atoms with E-state index in [1.54, 1.807) is 0 Å². The first-order valence-electron chi connectivity index (χ1n) is 28.9. The molecule has 10 aromatic rings. The average Bonchev–Trinajstić information content (AvgIpc) is 3.10. The molecular formula is C74H81BrCl2N4P3+. The summed E-state index contributed by atoms with van der Waals surface area (Å²) in [4.78, 5) is 7.04. The summed E-state index contributed by atoms with van der Waals surface area (Å²) in [6.45, 7) is 6.99. The van der Waals surface area contributed by atoms with Gasteiger partial charge in [0.2, 0.25) is 0 Å². The van der Waals surface area contributed by atoms with Gasteiger partial charge in [-0.3, -0.25) is 4.99 Å². The molecule has 4 nitrogen and oxygen atoms in total. The van der Waals surface area contributed by atoms with E-state index in [2.05, 4.69) is 341 Å². The molecular weight excluding hydrogens is 1190 g/mol. The first-order valence-corrected chi connectivity index (χ1v) is 34.1. The van der Waals surface area contributed by atoms with Gasteiger partial charge in [0.1, 0.15) is 28.5 Å². The quantitative estimate of drug-likeness (QED) is 0.0744. The normalized spacial score (nSPS) is 12.9. The highest BCUT2D eigenvalue weighted by molar-refractivity contribution is 8.93. The number of benzene rings is 10. The standard InChI is InChI=1S/C36H30NP2.C24H20P.C9H16N2.C5H14N.BrH.2ClH/c1-7-19-31(20-8-1)38(32-21-9-2-10-22-32,33-23-11-3-12-24-33)37-39(34-25-13-4-14-26-34,35-27-15-5-16-28-35)36-29-17-6-18-30-36;1-5-13-21(14-6-1)25(22-15-7-2-8-16-22,23-17-9-3-10-18-23)24-19-11-4-12-20-24;1-2-5-9-10-6-4-8-11(9)7-3-1;1-5-6(2,3)4;;;/h1-30H;1-20H;1-8H2;5H2,1-4H3;3*1H/q2*+1;;+1;;;/p-2. The van der Waals surface area contributed by atoms with Gasteiger partial charge in [-0.2, -0.15) is 0 Å². The molecule has 0 amide bonds. The smallest absolute Gasteiger partial charge is 0.301 e. The second-order valence-electron chi connectivity index (χ2n) is 21.4. The Hall–Kier alpha value is -6.31. The lowest BCUT2D eigenvalue weighted by Crippen LogP contribution is -3.00. The number of amidine groups is 1. The molecule has 0 bridgehead atoms. The van der Waals surface area contributed by atoms with Gasteiger partial charge in [0.05, 0.1) is 65.4 Å². The van der Waals surface area contributed by atoms with Crippen LogP contribution in [0.1, 0.15) is 39.0 Å². The number of hydrogen-bond donors (Lipinski definition) is 0. The molecule has 0 aromatic heterocycles. The van der Waals surface area contributed by atoms with Gasteiger partial charge in [0.25, 0.3) is 0 Å². The molecule has 2 aliphatic heterocycles. The zero-order valence-electron chi connectivity index (χ0n) is 49.0. The Bertz CT molecular complexity index is 3100. The fourth-order valence-electron chi connectivity index (χ4n) is 10.7. The molecule has 10 heteroatoms. The molecule has 12 rings (SSSR count). The van der Waals surface area contributed by atoms with Gasteiger partial charge in [-0.25, -0.2) is 0 Å². The van der Waals surface area contributed by atoms with Gasteiger partial charge in [-0.05, 0) is 148 Å². The fraction of sp³-hybridized carbons (Fsp3) is 0.176. The molecule has 0 radical (unpaired) electrons. The van der Waals surface area contributed by atoms with Crippen LogP contribution in [0.25, 0.3) is 0 Å². The van der Waals surface area contributed by atoms with E-state index in [0.29, 0.717) is 0 Å². The molecule has 0 N–H and O–H groups in total. The lowest BCUT2D eigenvalue weighted by molar-refractivity contribution is -0.868. The Morgan fingerprint density at radius 3 is 0.857 bits per heavy atom. The maximum absolute atomic E-state index is 6.38. The van der Waals surface area contributed by atoms with E-state index in [1.165, 1.54) is 111 Å². The molecule has 2 aliphatic rings. The Morgan fingerprint density at radius 2 is 0.607 bits per heavy atom. The summed E-state index contributed by atoms with van der Waals surface area (Å²) >= 11 is 0. The predicted octanol–water partition coefficient (Wildman–Crippen LogP) is 7.68. The zero-order valence-corrected chi connectivity index (χ0v) is 54.9. The fourth-order valence-corrected chi connectivity index (χ4v) is 24.5. The van der Waals surface area contributed by atoms with Gasteiger partial charge < -0.3 is 34.2 Å². The van der Waals surface area contributed by atoms with E-state index in [0.717, 1.165) is 11.0 Å². The topological polar surface area (TPSA) is 29.7 Å². The van der Waals surface area contributed by atoms with Crippen molar-refractivity contribution in [2.24, 2.45) is 4.99 Å². The third-order valence-corrected chi connectivity index (χ3v) is 27.9. The third kappa shape index (κ3) is 16.2. The highest BCUT2D eigenvalue weighted by Crippen LogP contribution is 2.54. The molecule has 0 unspecified atom stereocenters. The van der Waals surface area contributed by atoms with E-state index in [1.807, 2.05) is 0 Å². The maximum Gasteiger partial charge on any atom is 0.301 e. The minimum Gasteiger partial charge on any atom is -1.00 e. The highest BCUT2D eigenvalue weighted by atomic mass is 79.9. The summed E-state index contributed by atoms with van der Waals surface area (Å²) in [6, 6.07) is 109. The van der Waals surface area contributed by atoms with Crippen molar-refractivity contribution in [3.63, 3.8) is 0 Å². The van der Waals surface area contributed by atoms with Gasteiger partial charge >= 0.3 is 14.1 Å². The van der Waals surface area contributed by atoms with Crippen molar-refractivity contribution in [1.82, 2.24) is 9.07 Å². The van der Waals surface area contributed by atoms with Gasteiger partial charge in [0.15, 0.2) is 0 Å². The van der Waals surface area contributed by atoms with Crippen LogP contribution in [0.15, 0.2) is 308 Å². The molecule has 432 valence electrons. The first-order chi connectivity index (χ1) is 39.8. The molecule has 1 fully saturated rings. The van der Waals surface area contributed by atoms with Gasteiger partial charge in [0, 0.05) is 26.1 Å². The van der Waals surface area contributed by atoms with Crippen molar-refractivity contribution in [3.05, 3.63) is 303 Å². The van der Waals surface area contributed by atoms with E-state index >= 15 is 0 Å². The van der Waals surface area contributed by atoms with Crippen LogP contribution in [-0.4, -0.2) is 62.5 Å². The second-order valence-corrected chi connectivity index (χ2v) is 31.2. The van der Waals surface area contributed by atoms with E-state index in [9.17, 15) is 0 Å². The lowest BCUT2D eigenvalue weighted by atomic mass is 10.2. The molecule has 2 heterocycles. The van der Waals surface area contributed by atoms with Crippen LogP contribution in [0.3, 0.4) is 0 Å². The number of aliphatic imine (C=N–C) groups is 1. The number of nitrogens with zero attached hydrogens (tertiary/aromatic N) is 4. The van der Waals surface area contributed by atoms with Crippen LogP contribution in [0.5, 0.6) is 0 Å². The molecule has 0 atom stereocenters. The summed E-state index contributed by atoms with van der Waals surface area (Å²) in [5.74, 6) is 1.40. The Labute approximate surface area is 526 Å². The summed E-state index contributed by atoms with van der Waals surface area (Å²) in [5.41, 5.74) is 0. The molecule has 1 saturated heterocycles. The Kier molecular flexibility index (Phi) is 26.6. The number of halogens is 3. The second kappa shape index (κ2) is 33.4. The monoisotopic (exact) mass is 1270 g/mol. The van der Waals surface area contributed by atoms with Crippen LogP contribution < -0.4 is 82.0 Å². The first kappa shape index (κ1) is 66.8. The predicted molar refractivity (Wildman–Crippen MR) is 370 cm³/mol. The van der Waals surface area contributed by atoms with Crippen molar-refractivity contribution >= 4 is 97.2 Å². The maximum atomic E-state index is 6.38. The summed E-state index contributed by atoms with van der Waals surface area (Å²) < 4.78 is 7.45. The highest BCUT2D eigenvalue weighted by Gasteiger charge is 2.48. The Morgan fingerprint density at radius 1 is 0.369 bits per heavy atom. The minimum atomic E-state index is -2.50. The van der Waals surface area contributed by atoms with Gasteiger partial charge in [-0.15, -0.1) is 21.2 Å². The van der Waals surface area contributed by atoms with Crippen LogP contribution in [0, 0.1) is 0 Å². The molecule has 0 aliphatic carbocycles. The summed E-state index contributed by atoms with van der Waals surface area (Å²) in [6.07, 6.45) is 6.63. The molecule has 0 spiro atoms. The number of fused-ring (bicyclic) bond motifs is 1. The van der Waals surface area contributed by atoms with Crippen molar-refractivity contribution in [2.75, 3.05) is 47.3 Å². The lowest BCUT2D eigenvalue weighted by Gasteiger charge is -2.27. The van der Waals surface area contributed by atoms with Gasteiger partial charge in [-0.1, -0.05) is 188 Å². The third-order valence-electron chi connectivity index (χ3n) is 15.1. The number of quaternary nitrogens is 1. The summed E-state index contributed by atoms with van der Waals surface area (Å²) in [7, 11) is -0.357. The zero-order chi connectivity index (χ0) is 56.1. The van der Waals surface area contributed by atoms with Crippen LogP contribution in [-0.2, 0) is 0 Å². The molecule has 0 saturated carbocycles. The van der Waals surface area contributed by atoms with Crippen molar-refractivity contribution in [1.29, 1.82) is 0 Å². The number of rotatable bonds is 11. The molecule has 10 aromatic carbocycles. The van der Waals surface area contributed by atoms with E-state index in [4.69, 9.17) is 4.17 Å². The SMILES string of the molecule is Br.C1CCC2=NCCCN2CC1.CC[N+](C)(C)C.[Cl-].[Cl-].c1ccc(P(=[N+]=P(c2ccccc2)(c2ccccc2)c2ccccc2)(c2ccccc2)c2ccccc2)cc1.c1ccc([P+](c2ccccc2)(c2ccccc2)c2ccccc2)cc1. The van der Waals surface area contributed by atoms with Crippen LogP contribution in [0.4, 0.5) is 0 Å². The van der Waals surface area contributed by atoms with E-state index < -0.39 is 21.4 Å². The Balaban J connectivity index is 0.000000214. The minimum absolute atomic E-state index is 0. The average molecular weight is 1270 g/mol. The largest absolute Gasteiger partial charge is 1.00 e. The van der Waals surface area contributed by atoms with E-state index in [-0.39, 0.29) is 41.8 Å². The van der Waals surface area contributed by atoms with Crippen molar-refractivity contribution in [2.45, 2.75) is 39.0 Å². The summed E-state index contributed by atoms with van der Waals surface area (Å²) in [5, 5.41) is 13.1. The van der Waals surface area contributed by atoms with Crippen molar-refractivity contribution < 1.29 is 29.3 Å². The van der Waals surface area contributed by atoms with Crippen molar-refractivity contribution in [3.8, 4) is 0 Å².